The summed E-state index contributed by atoms with van der Waals surface area (Å²) in [5.74, 6) is -1.94. The van der Waals surface area contributed by atoms with Crippen molar-refractivity contribution in [3.63, 3.8) is 0 Å². The van der Waals surface area contributed by atoms with Crippen LogP contribution >= 0.6 is 0 Å². The number of anilines is 2. The Hall–Kier alpha value is -2.22. The molecular formula is C14H15BFN3O3. The number of nitrogens with zero attached hydrogens (tertiary/aromatic N) is 2. The molecule has 114 valence electrons. The van der Waals surface area contributed by atoms with Crippen LogP contribution in [0.2, 0.25) is 0 Å². The summed E-state index contributed by atoms with van der Waals surface area (Å²) in [6, 6.07) is 2.74. The number of ketones is 1. The first-order valence-electron chi connectivity index (χ1n) is 7.13. The van der Waals surface area contributed by atoms with Crippen LogP contribution in [0.1, 0.15) is 17.3 Å². The standard InChI is InChI=1S/C14H15BFN3O3/c1-8-6-18(2-3-19(8)15-7-20)12-5-11-9(4-10(12)16)13(21)14(22)17-11/h4-5,7-8,15H,2-3,6H2,1H3,(H,17,21,22). The van der Waals surface area contributed by atoms with Gasteiger partial charge in [-0.2, -0.15) is 0 Å². The zero-order valence-corrected chi connectivity index (χ0v) is 12.1. The number of benzene rings is 1. The molecule has 3 rings (SSSR count). The van der Waals surface area contributed by atoms with Gasteiger partial charge < -0.3 is 19.8 Å². The molecule has 2 aliphatic heterocycles. The minimum Gasteiger partial charge on any atom is -0.366 e. The molecule has 0 spiro atoms. The van der Waals surface area contributed by atoms with Crippen LogP contribution in [-0.2, 0) is 9.59 Å². The summed E-state index contributed by atoms with van der Waals surface area (Å²) in [6.45, 7) is 3.79. The van der Waals surface area contributed by atoms with E-state index in [1.165, 1.54) is 6.07 Å². The van der Waals surface area contributed by atoms with Crippen LogP contribution < -0.4 is 10.2 Å². The van der Waals surface area contributed by atoms with Crippen LogP contribution in [0, 0.1) is 5.82 Å². The van der Waals surface area contributed by atoms with E-state index in [1.54, 1.807) is 0 Å². The lowest BCUT2D eigenvalue weighted by molar-refractivity contribution is -0.112. The van der Waals surface area contributed by atoms with Crippen molar-refractivity contribution in [2.24, 2.45) is 0 Å². The van der Waals surface area contributed by atoms with Gasteiger partial charge in [0.25, 0.3) is 19.1 Å². The van der Waals surface area contributed by atoms with Gasteiger partial charge in [-0.15, -0.1) is 0 Å². The molecule has 22 heavy (non-hydrogen) atoms. The van der Waals surface area contributed by atoms with Crippen molar-refractivity contribution in [2.75, 3.05) is 29.9 Å². The monoisotopic (exact) mass is 303 g/mol. The average molecular weight is 303 g/mol. The Kier molecular flexibility index (Phi) is 3.70. The van der Waals surface area contributed by atoms with Gasteiger partial charge in [0.15, 0.2) is 0 Å². The second-order valence-corrected chi connectivity index (χ2v) is 5.59. The molecule has 1 N–H and O–H groups in total. The van der Waals surface area contributed by atoms with Gasteiger partial charge in [0.05, 0.1) is 23.1 Å². The van der Waals surface area contributed by atoms with Crippen LogP contribution in [0.3, 0.4) is 0 Å². The van der Waals surface area contributed by atoms with Gasteiger partial charge in [0.1, 0.15) is 5.82 Å². The van der Waals surface area contributed by atoms with Crippen LogP contribution in [0.25, 0.3) is 0 Å². The largest absolute Gasteiger partial charge is 0.366 e. The normalized spacial score (nSPS) is 21.5. The molecule has 0 radical (unpaired) electrons. The Bertz CT molecular complexity index is 667. The number of amides is 1. The number of hydrogen-bond acceptors (Lipinski definition) is 5. The number of hydrogen-bond donors (Lipinski definition) is 1. The SMILES string of the molecule is CC1CN(c2cc3c(cc2F)C(=O)C(=O)N3)CCN1BC=O. The lowest BCUT2D eigenvalue weighted by atomic mass is 9.90. The number of nitrogens with one attached hydrogen (secondary N) is 1. The van der Waals surface area contributed by atoms with E-state index in [2.05, 4.69) is 5.32 Å². The van der Waals surface area contributed by atoms with Crippen LogP contribution in [0.5, 0.6) is 0 Å². The maximum absolute atomic E-state index is 14.3. The van der Waals surface area contributed by atoms with Crippen molar-refractivity contribution < 1.29 is 18.8 Å². The molecule has 1 atom stereocenters. The third-order valence-corrected chi connectivity index (χ3v) is 4.20. The number of carbonyl (C=O) groups is 3. The average Bonchev–Trinajstić information content (AvgIpc) is 2.76. The van der Waals surface area contributed by atoms with Crippen LogP contribution in [-0.4, -0.2) is 55.8 Å². The van der Waals surface area contributed by atoms with E-state index in [0.717, 1.165) is 12.3 Å². The number of Topliss-reactive ketones (excluding diaryl/α,β-unsaturated/α-hetero) is 1. The molecule has 1 amide bonds. The maximum Gasteiger partial charge on any atom is 0.296 e. The van der Waals surface area contributed by atoms with Crippen LogP contribution in [0.4, 0.5) is 15.8 Å². The molecule has 2 heterocycles. The minimum absolute atomic E-state index is 0.0823. The molecule has 0 saturated carbocycles. The molecule has 1 saturated heterocycles. The number of halogens is 1. The number of carbonyl (C=O) groups excluding carboxylic acids is 3. The fourth-order valence-electron chi connectivity index (χ4n) is 2.98. The zero-order chi connectivity index (χ0) is 15.9. The summed E-state index contributed by atoms with van der Waals surface area (Å²) in [7, 11) is 0.367. The second-order valence-electron chi connectivity index (χ2n) is 5.59. The Labute approximate surface area is 127 Å². The predicted molar refractivity (Wildman–Crippen MR) is 81.6 cm³/mol. The molecular weight excluding hydrogens is 288 g/mol. The van der Waals surface area contributed by atoms with E-state index in [0.29, 0.717) is 38.4 Å². The lowest BCUT2D eigenvalue weighted by Crippen LogP contribution is -2.53. The maximum atomic E-state index is 14.3. The van der Waals surface area contributed by atoms with Gasteiger partial charge in [-0.05, 0) is 19.1 Å². The fraction of sp³-hybridized carbons (Fsp3) is 0.357. The van der Waals surface area contributed by atoms with Gasteiger partial charge in [-0.3, -0.25) is 9.59 Å². The van der Waals surface area contributed by atoms with Crippen LogP contribution in [0.15, 0.2) is 12.1 Å². The molecule has 1 aromatic rings. The smallest absolute Gasteiger partial charge is 0.296 e. The molecule has 1 unspecified atom stereocenters. The first-order chi connectivity index (χ1) is 10.5. The minimum atomic E-state index is -0.726. The van der Waals surface area contributed by atoms with E-state index >= 15 is 0 Å². The zero-order valence-electron chi connectivity index (χ0n) is 12.1. The summed E-state index contributed by atoms with van der Waals surface area (Å²) < 4.78 is 14.3. The first kappa shape index (κ1) is 14.7. The summed E-state index contributed by atoms with van der Waals surface area (Å²) in [5, 5.41) is 2.46. The third kappa shape index (κ3) is 2.39. The third-order valence-electron chi connectivity index (χ3n) is 4.20. The van der Waals surface area contributed by atoms with Crippen molar-refractivity contribution in [1.29, 1.82) is 0 Å². The quantitative estimate of drug-likeness (QED) is 0.484. The Morgan fingerprint density at radius 2 is 2.14 bits per heavy atom. The Morgan fingerprint density at radius 1 is 1.36 bits per heavy atom. The number of piperazine rings is 1. The van der Waals surface area contributed by atoms with Gasteiger partial charge in [-0.1, -0.05) is 0 Å². The van der Waals surface area contributed by atoms with Crippen molar-refractivity contribution in [3.05, 3.63) is 23.5 Å². The van der Waals surface area contributed by atoms with Gasteiger partial charge in [0.2, 0.25) is 0 Å². The summed E-state index contributed by atoms with van der Waals surface area (Å²) in [4.78, 5) is 37.5. The molecule has 0 bridgehead atoms. The van der Waals surface area contributed by atoms with Gasteiger partial charge in [-0.25, -0.2) is 4.39 Å². The molecule has 1 fully saturated rings. The Morgan fingerprint density at radius 3 is 2.82 bits per heavy atom. The molecule has 0 aromatic heterocycles. The summed E-state index contributed by atoms with van der Waals surface area (Å²) in [5.41, 5.74) is 0.805. The highest BCUT2D eigenvalue weighted by Crippen LogP contribution is 2.32. The van der Waals surface area contributed by atoms with E-state index in [-0.39, 0.29) is 11.6 Å². The topological polar surface area (TPSA) is 69.7 Å². The highest BCUT2D eigenvalue weighted by atomic mass is 19.1. The number of rotatable bonds is 3. The van der Waals surface area contributed by atoms with E-state index < -0.39 is 17.5 Å². The Balaban J connectivity index is 1.85. The van der Waals surface area contributed by atoms with Crippen molar-refractivity contribution in [3.8, 4) is 0 Å². The van der Waals surface area contributed by atoms with Gasteiger partial charge in [0, 0.05) is 25.7 Å². The van der Waals surface area contributed by atoms with E-state index in [9.17, 15) is 18.8 Å². The molecule has 1 aromatic carbocycles. The second kappa shape index (κ2) is 5.53. The highest BCUT2D eigenvalue weighted by molar-refractivity contribution is 6.64. The predicted octanol–water partition coefficient (Wildman–Crippen LogP) is 0.0127. The molecule has 2 aliphatic rings. The molecule has 8 heteroatoms. The fourth-order valence-corrected chi connectivity index (χ4v) is 2.98. The van der Waals surface area contributed by atoms with Crippen molar-refractivity contribution in [1.82, 2.24) is 4.81 Å². The van der Waals surface area contributed by atoms with E-state index in [4.69, 9.17) is 0 Å². The summed E-state index contributed by atoms with van der Waals surface area (Å²) in [6.07, 6.45) is 0.864. The molecule has 0 aliphatic carbocycles. The highest BCUT2D eigenvalue weighted by Gasteiger charge is 2.31. The van der Waals surface area contributed by atoms with Crippen molar-refractivity contribution in [2.45, 2.75) is 13.0 Å². The first-order valence-corrected chi connectivity index (χ1v) is 7.13. The lowest BCUT2D eigenvalue weighted by Gasteiger charge is -2.40. The molecule has 6 nitrogen and oxygen atoms in total. The summed E-state index contributed by atoms with van der Waals surface area (Å²) >= 11 is 0. The van der Waals surface area contributed by atoms with E-state index in [1.807, 2.05) is 16.6 Å². The van der Waals surface area contributed by atoms with Crippen molar-refractivity contribution >= 4 is 36.7 Å². The number of fused-ring (bicyclic) bond motifs is 1. The van der Waals surface area contributed by atoms with Gasteiger partial charge >= 0.3 is 0 Å².